The van der Waals surface area contributed by atoms with E-state index in [1.165, 1.54) is 0 Å². The van der Waals surface area contributed by atoms with Crippen LogP contribution in [-0.2, 0) is 4.79 Å². The van der Waals surface area contributed by atoms with Crippen LogP contribution in [0.1, 0.15) is 20.3 Å². The van der Waals surface area contributed by atoms with E-state index in [4.69, 9.17) is 5.11 Å². The molecule has 0 radical (unpaired) electrons. The number of rotatable bonds is 1. The zero-order valence-corrected chi connectivity index (χ0v) is 6.29. The third kappa shape index (κ3) is 1.29. The SMILES string of the molecule is CC1C[C@@H](C(=O)O)NC1C. The first-order valence-electron chi connectivity index (χ1n) is 3.60. The minimum atomic E-state index is -0.726. The fraction of sp³-hybridized carbons (Fsp3) is 0.857. The van der Waals surface area contributed by atoms with Crippen LogP contribution in [0.15, 0.2) is 0 Å². The Labute approximate surface area is 60.4 Å². The lowest BCUT2D eigenvalue weighted by molar-refractivity contribution is -0.139. The summed E-state index contributed by atoms with van der Waals surface area (Å²) < 4.78 is 0. The molecule has 1 aliphatic rings. The maximum absolute atomic E-state index is 10.4. The molecule has 0 aromatic heterocycles. The largest absolute Gasteiger partial charge is 0.480 e. The number of carboxylic acid groups (broad SMARTS) is 1. The van der Waals surface area contributed by atoms with E-state index >= 15 is 0 Å². The minimum Gasteiger partial charge on any atom is -0.480 e. The van der Waals surface area contributed by atoms with E-state index in [1.807, 2.05) is 6.92 Å². The van der Waals surface area contributed by atoms with Crippen LogP contribution in [0.4, 0.5) is 0 Å². The van der Waals surface area contributed by atoms with E-state index in [0.717, 1.165) is 6.42 Å². The summed E-state index contributed by atoms with van der Waals surface area (Å²) in [5, 5.41) is 11.6. The molecular formula is C7H13NO2. The van der Waals surface area contributed by atoms with Gasteiger partial charge in [-0.1, -0.05) is 6.92 Å². The lowest BCUT2D eigenvalue weighted by Crippen LogP contribution is -2.34. The van der Waals surface area contributed by atoms with E-state index < -0.39 is 5.97 Å². The minimum absolute atomic E-state index is 0.315. The Bertz CT molecular complexity index is 137. The molecule has 1 rings (SSSR count). The van der Waals surface area contributed by atoms with E-state index in [1.54, 1.807) is 0 Å². The van der Waals surface area contributed by atoms with Gasteiger partial charge in [0.15, 0.2) is 0 Å². The molecule has 3 atom stereocenters. The molecule has 10 heavy (non-hydrogen) atoms. The molecule has 1 heterocycles. The predicted molar refractivity (Wildman–Crippen MR) is 37.8 cm³/mol. The van der Waals surface area contributed by atoms with Crippen LogP contribution >= 0.6 is 0 Å². The number of hydrogen-bond donors (Lipinski definition) is 2. The van der Waals surface area contributed by atoms with Crippen LogP contribution in [0.25, 0.3) is 0 Å². The van der Waals surface area contributed by atoms with Crippen molar-refractivity contribution >= 4 is 5.97 Å². The summed E-state index contributed by atoms with van der Waals surface area (Å²) in [6.07, 6.45) is 0.760. The maximum Gasteiger partial charge on any atom is 0.320 e. The lowest BCUT2D eigenvalue weighted by atomic mass is 10.0. The van der Waals surface area contributed by atoms with Crippen LogP contribution in [0.2, 0.25) is 0 Å². The van der Waals surface area contributed by atoms with Gasteiger partial charge in [0.05, 0.1) is 0 Å². The van der Waals surface area contributed by atoms with Crippen molar-refractivity contribution in [3.63, 3.8) is 0 Å². The molecule has 0 bridgehead atoms. The van der Waals surface area contributed by atoms with Gasteiger partial charge in [-0.05, 0) is 19.3 Å². The van der Waals surface area contributed by atoms with Gasteiger partial charge < -0.3 is 10.4 Å². The monoisotopic (exact) mass is 143 g/mol. The van der Waals surface area contributed by atoms with Gasteiger partial charge in [0.1, 0.15) is 6.04 Å². The molecule has 0 aromatic carbocycles. The fourth-order valence-corrected chi connectivity index (χ4v) is 1.30. The molecule has 2 N–H and O–H groups in total. The quantitative estimate of drug-likeness (QED) is 0.560. The number of carboxylic acids is 1. The Morgan fingerprint density at radius 2 is 2.20 bits per heavy atom. The van der Waals surface area contributed by atoms with Crippen molar-refractivity contribution in [3.8, 4) is 0 Å². The van der Waals surface area contributed by atoms with Crippen LogP contribution in [0.5, 0.6) is 0 Å². The van der Waals surface area contributed by atoms with Crippen molar-refractivity contribution in [2.45, 2.75) is 32.4 Å². The van der Waals surface area contributed by atoms with Crippen LogP contribution in [0.3, 0.4) is 0 Å². The van der Waals surface area contributed by atoms with Gasteiger partial charge in [-0.25, -0.2) is 0 Å². The van der Waals surface area contributed by atoms with Gasteiger partial charge in [-0.2, -0.15) is 0 Å². The average molecular weight is 143 g/mol. The Balaban J connectivity index is 2.49. The Hall–Kier alpha value is -0.570. The highest BCUT2D eigenvalue weighted by Crippen LogP contribution is 2.18. The third-order valence-electron chi connectivity index (χ3n) is 2.22. The molecule has 0 spiro atoms. The molecule has 1 fully saturated rings. The number of aliphatic carboxylic acids is 1. The molecule has 0 aliphatic carbocycles. The zero-order valence-electron chi connectivity index (χ0n) is 6.29. The number of nitrogens with one attached hydrogen (secondary N) is 1. The standard InChI is InChI=1S/C7H13NO2/c1-4-3-6(7(9)10)8-5(4)2/h4-6,8H,3H2,1-2H3,(H,9,10)/t4?,5?,6-/m0/s1. The first-order valence-corrected chi connectivity index (χ1v) is 3.60. The molecule has 0 aromatic rings. The summed E-state index contributed by atoms with van der Waals surface area (Å²) in [4.78, 5) is 10.4. The summed E-state index contributed by atoms with van der Waals surface area (Å²) >= 11 is 0. The summed E-state index contributed by atoms with van der Waals surface area (Å²) in [5.41, 5.74) is 0. The molecule has 3 heteroatoms. The Kier molecular flexibility index (Phi) is 1.94. The first-order chi connectivity index (χ1) is 4.61. The van der Waals surface area contributed by atoms with Crippen LogP contribution in [0, 0.1) is 5.92 Å². The second-order valence-electron chi connectivity index (χ2n) is 3.06. The second-order valence-corrected chi connectivity index (χ2v) is 3.06. The van der Waals surface area contributed by atoms with E-state index in [-0.39, 0.29) is 6.04 Å². The van der Waals surface area contributed by atoms with Gasteiger partial charge >= 0.3 is 5.97 Å². The summed E-state index contributed by atoms with van der Waals surface area (Å²) in [7, 11) is 0. The summed E-state index contributed by atoms with van der Waals surface area (Å²) in [5.74, 6) is -0.239. The summed E-state index contributed by atoms with van der Waals surface area (Å²) in [6.45, 7) is 4.09. The van der Waals surface area contributed by atoms with Gasteiger partial charge in [0, 0.05) is 6.04 Å². The normalized spacial score (nSPS) is 40.0. The fourth-order valence-electron chi connectivity index (χ4n) is 1.30. The average Bonchev–Trinajstić information content (AvgIpc) is 2.13. The zero-order chi connectivity index (χ0) is 7.72. The highest BCUT2D eigenvalue weighted by atomic mass is 16.4. The maximum atomic E-state index is 10.4. The molecule has 58 valence electrons. The van der Waals surface area contributed by atoms with Crippen LogP contribution in [-0.4, -0.2) is 23.2 Å². The second kappa shape index (κ2) is 2.58. The Morgan fingerprint density at radius 3 is 2.40 bits per heavy atom. The summed E-state index contributed by atoms with van der Waals surface area (Å²) in [6, 6.07) is 0.0334. The van der Waals surface area contributed by atoms with Crippen molar-refractivity contribution in [1.29, 1.82) is 0 Å². The number of hydrogen-bond acceptors (Lipinski definition) is 2. The van der Waals surface area contributed by atoms with E-state index in [2.05, 4.69) is 12.2 Å². The third-order valence-corrected chi connectivity index (χ3v) is 2.22. The van der Waals surface area contributed by atoms with Crippen molar-refractivity contribution in [2.75, 3.05) is 0 Å². The highest BCUT2D eigenvalue weighted by Gasteiger charge is 2.31. The Morgan fingerprint density at radius 1 is 1.60 bits per heavy atom. The molecule has 0 amide bonds. The van der Waals surface area contributed by atoms with Crippen molar-refractivity contribution in [3.05, 3.63) is 0 Å². The predicted octanol–water partition coefficient (Wildman–Crippen LogP) is 0.457. The molecule has 1 saturated heterocycles. The van der Waals surface area contributed by atoms with Gasteiger partial charge in [0.25, 0.3) is 0 Å². The van der Waals surface area contributed by atoms with Crippen LogP contribution < -0.4 is 5.32 Å². The molecule has 2 unspecified atom stereocenters. The lowest BCUT2D eigenvalue weighted by Gasteiger charge is -2.06. The number of carbonyl (C=O) groups is 1. The topological polar surface area (TPSA) is 49.3 Å². The highest BCUT2D eigenvalue weighted by molar-refractivity contribution is 5.73. The van der Waals surface area contributed by atoms with Crippen molar-refractivity contribution < 1.29 is 9.90 Å². The first kappa shape index (κ1) is 7.54. The molecular weight excluding hydrogens is 130 g/mol. The van der Waals surface area contributed by atoms with Crippen molar-refractivity contribution in [2.24, 2.45) is 5.92 Å². The van der Waals surface area contributed by atoms with Gasteiger partial charge in [-0.15, -0.1) is 0 Å². The molecule has 3 nitrogen and oxygen atoms in total. The molecule has 0 saturated carbocycles. The van der Waals surface area contributed by atoms with Gasteiger partial charge in [0.2, 0.25) is 0 Å². The van der Waals surface area contributed by atoms with Crippen molar-refractivity contribution in [1.82, 2.24) is 5.32 Å². The van der Waals surface area contributed by atoms with E-state index in [9.17, 15) is 4.79 Å². The smallest absolute Gasteiger partial charge is 0.320 e. The van der Waals surface area contributed by atoms with E-state index in [0.29, 0.717) is 12.0 Å². The van der Waals surface area contributed by atoms with Gasteiger partial charge in [-0.3, -0.25) is 4.79 Å². The molecule has 1 aliphatic heterocycles.